The van der Waals surface area contributed by atoms with Crippen molar-refractivity contribution in [2.24, 2.45) is 11.3 Å². The first kappa shape index (κ1) is 12.9. The predicted molar refractivity (Wildman–Crippen MR) is 67.3 cm³/mol. The lowest BCUT2D eigenvalue weighted by Gasteiger charge is -2.43. The second-order valence-electron chi connectivity index (χ2n) is 6.60. The first-order valence-electron chi connectivity index (χ1n) is 7.05. The molecule has 2 aliphatic heterocycles. The largest absolute Gasteiger partial charge is 0.463 e. The van der Waals surface area contributed by atoms with Gasteiger partial charge >= 0.3 is 5.97 Å². The van der Waals surface area contributed by atoms with E-state index in [1.807, 2.05) is 4.90 Å². The van der Waals surface area contributed by atoms with Crippen LogP contribution in [0.15, 0.2) is 0 Å². The maximum Gasteiger partial charge on any atom is 0.311 e. The third-order valence-electron chi connectivity index (χ3n) is 4.38. The van der Waals surface area contributed by atoms with E-state index in [2.05, 4.69) is 13.8 Å². The Morgan fingerprint density at radius 1 is 1.47 bits per heavy atom. The van der Waals surface area contributed by atoms with Gasteiger partial charge in [-0.25, -0.2) is 0 Å². The Labute approximate surface area is 113 Å². The molecule has 19 heavy (non-hydrogen) atoms. The van der Waals surface area contributed by atoms with Crippen LogP contribution < -0.4 is 0 Å². The van der Waals surface area contributed by atoms with Gasteiger partial charge in [0.25, 0.3) is 0 Å². The van der Waals surface area contributed by atoms with Crippen molar-refractivity contribution in [1.29, 1.82) is 0 Å². The Morgan fingerprint density at radius 3 is 2.74 bits per heavy atom. The van der Waals surface area contributed by atoms with Crippen molar-refractivity contribution in [1.82, 2.24) is 4.90 Å². The van der Waals surface area contributed by atoms with Gasteiger partial charge in [-0.1, -0.05) is 13.8 Å². The number of hydrogen-bond donors (Lipinski definition) is 0. The Bertz CT molecular complexity index is 402. The molecule has 0 radical (unpaired) electrons. The quantitative estimate of drug-likeness (QED) is 0.712. The molecular weight excluding hydrogens is 246 g/mol. The first-order valence-corrected chi connectivity index (χ1v) is 7.05. The van der Waals surface area contributed by atoms with E-state index in [-0.39, 0.29) is 29.3 Å². The van der Waals surface area contributed by atoms with E-state index in [1.165, 1.54) is 0 Å². The zero-order valence-electron chi connectivity index (χ0n) is 11.6. The Hall–Kier alpha value is -1.10. The molecule has 2 atom stereocenters. The number of ether oxygens (including phenoxy) is 2. The van der Waals surface area contributed by atoms with Crippen LogP contribution in [0, 0.1) is 11.3 Å². The minimum Gasteiger partial charge on any atom is -0.463 e. The third-order valence-corrected chi connectivity index (χ3v) is 4.38. The summed E-state index contributed by atoms with van der Waals surface area (Å²) in [5.41, 5.74) is 0.0891. The van der Waals surface area contributed by atoms with Crippen LogP contribution >= 0.6 is 0 Å². The van der Waals surface area contributed by atoms with Crippen molar-refractivity contribution >= 4 is 11.9 Å². The molecular formula is C14H21NO4. The van der Waals surface area contributed by atoms with Crippen LogP contribution in [0.2, 0.25) is 0 Å². The molecule has 0 spiro atoms. The zero-order valence-corrected chi connectivity index (χ0v) is 11.6. The van der Waals surface area contributed by atoms with Gasteiger partial charge < -0.3 is 14.4 Å². The van der Waals surface area contributed by atoms with E-state index >= 15 is 0 Å². The second-order valence-corrected chi connectivity index (χ2v) is 6.60. The third kappa shape index (κ3) is 2.48. The fraction of sp³-hybridized carbons (Fsp3) is 0.857. The number of hydrogen-bond acceptors (Lipinski definition) is 4. The van der Waals surface area contributed by atoms with Gasteiger partial charge in [0.2, 0.25) is 5.91 Å². The summed E-state index contributed by atoms with van der Waals surface area (Å²) in [4.78, 5) is 25.6. The van der Waals surface area contributed by atoms with E-state index in [1.54, 1.807) is 0 Å². The van der Waals surface area contributed by atoms with E-state index in [9.17, 15) is 9.59 Å². The highest BCUT2D eigenvalue weighted by molar-refractivity contribution is 5.87. The minimum atomic E-state index is -0.281. The molecule has 2 unspecified atom stereocenters. The molecule has 0 bridgehead atoms. The number of rotatable bonds is 4. The highest BCUT2D eigenvalue weighted by Gasteiger charge is 2.44. The van der Waals surface area contributed by atoms with Crippen LogP contribution in [0.4, 0.5) is 0 Å². The molecule has 1 aliphatic carbocycles. The number of carbonyl (C=O) groups is 2. The summed E-state index contributed by atoms with van der Waals surface area (Å²) in [7, 11) is 0. The van der Waals surface area contributed by atoms with Gasteiger partial charge in [0.05, 0.1) is 18.6 Å². The zero-order chi connectivity index (χ0) is 13.6. The second kappa shape index (κ2) is 4.47. The van der Waals surface area contributed by atoms with Crippen molar-refractivity contribution in [2.45, 2.75) is 45.3 Å². The molecule has 3 fully saturated rings. The molecule has 3 rings (SSSR count). The normalized spacial score (nSPS) is 33.2. The van der Waals surface area contributed by atoms with Crippen LogP contribution in [0.1, 0.15) is 33.1 Å². The molecule has 2 saturated heterocycles. The molecule has 0 N–H and O–H groups in total. The minimum absolute atomic E-state index is 0.00640. The van der Waals surface area contributed by atoms with Crippen molar-refractivity contribution < 1.29 is 19.1 Å². The van der Waals surface area contributed by atoms with Crippen LogP contribution in [-0.2, 0) is 19.1 Å². The maximum absolute atomic E-state index is 12.0. The molecule has 5 heteroatoms. The Morgan fingerprint density at radius 2 is 2.21 bits per heavy atom. The Balaban J connectivity index is 1.47. The highest BCUT2D eigenvalue weighted by atomic mass is 16.6. The maximum atomic E-state index is 12.0. The van der Waals surface area contributed by atoms with Gasteiger partial charge in [-0.15, -0.1) is 0 Å². The molecule has 0 aromatic carbocycles. The van der Waals surface area contributed by atoms with E-state index < -0.39 is 0 Å². The summed E-state index contributed by atoms with van der Waals surface area (Å²) in [5, 5.41) is 0. The predicted octanol–water partition coefficient (Wildman–Crippen LogP) is 0.965. The van der Waals surface area contributed by atoms with Gasteiger partial charge in [-0.2, -0.15) is 0 Å². The highest BCUT2D eigenvalue weighted by Crippen LogP contribution is 2.35. The lowest BCUT2D eigenvalue weighted by molar-refractivity contribution is -0.197. The average Bonchev–Trinajstić information content (AvgIpc) is 3.11. The van der Waals surface area contributed by atoms with E-state index in [0.717, 1.165) is 12.8 Å². The summed E-state index contributed by atoms with van der Waals surface area (Å²) in [5.74, 6) is -0.427. The molecule has 1 saturated carbocycles. The summed E-state index contributed by atoms with van der Waals surface area (Å²) in [6.45, 7) is 5.76. The lowest BCUT2D eigenvalue weighted by atomic mass is 9.83. The summed E-state index contributed by atoms with van der Waals surface area (Å²) in [6.07, 6.45) is 2.47. The van der Waals surface area contributed by atoms with E-state index in [0.29, 0.717) is 32.2 Å². The van der Waals surface area contributed by atoms with Gasteiger partial charge in [0, 0.05) is 24.4 Å². The summed E-state index contributed by atoms with van der Waals surface area (Å²) < 4.78 is 10.7. The molecule has 2 heterocycles. The molecule has 5 nitrogen and oxygen atoms in total. The number of likely N-dealkylation sites (tertiary alicyclic amines) is 1. The summed E-state index contributed by atoms with van der Waals surface area (Å²) >= 11 is 0. The fourth-order valence-corrected chi connectivity index (χ4v) is 2.71. The van der Waals surface area contributed by atoms with Crippen LogP contribution in [0.25, 0.3) is 0 Å². The van der Waals surface area contributed by atoms with Crippen molar-refractivity contribution in [3.8, 4) is 0 Å². The molecule has 0 aromatic rings. The molecule has 3 aliphatic rings. The van der Waals surface area contributed by atoms with E-state index in [4.69, 9.17) is 9.47 Å². The standard InChI is InChI=1S/C14H21NO4/c1-14(2)8-19-11(14)7-18-13(17)9-5-12(16)15(6-9)10-3-4-10/h9-11H,3-8H2,1-2H3. The van der Waals surface area contributed by atoms with Gasteiger partial charge in [0.15, 0.2) is 0 Å². The monoisotopic (exact) mass is 267 g/mol. The fourth-order valence-electron chi connectivity index (χ4n) is 2.71. The van der Waals surface area contributed by atoms with Crippen molar-refractivity contribution in [2.75, 3.05) is 19.8 Å². The van der Waals surface area contributed by atoms with Gasteiger partial charge in [0.1, 0.15) is 6.61 Å². The van der Waals surface area contributed by atoms with Gasteiger partial charge in [-0.3, -0.25) is 9.59 Å². The number of amides is 1. The molecule has 1 amide bonds. The van der Waals surface area contributed by atoms with Crippen LogP contribution in [0.3, 0.4) is 0 Å². The van der Waals surface area contributed by atoms with Crippen molar-refractivity contribution in [3.63, 3.8) is 0 Å². The molecule has 0 aromatic heterocycles. The number of nitrogens with zero attached hydrogens (tertiary/aromatic N) is 1. The van der Waals surface area contributed by atoms with Crippen molar-refractivity contribution in [3.05, 3.63) is 0 Å². The smallest absolute Gasteiger partial charge is 0.311 e. The molecule has 106 valence electrons. The van der Waals surface area contributed by atoms with Crippen LogP contribution in [-0.4, -0.2) is 48.7 Å². The Kier molecular flexibility index (Phi) is 3.04. The average molecular weight is 267 g/mol. The van der Waals surface area contributed by atoms with Gasteiger partial charge in [-0.05, 0) is 12.8 Å². The first-order chi connectivity index (χ1) is 8.97. The topological polar surface area (TPSA) is 55.8 Å². The lowest BCUT2D eigenvalue weighted by Crippen LogP contribution is -2.50. The summed E-state index contributed by atoms with van der Waals surface area (Å²) in [6, 6.07) is 0.388. The number of esters is 1. The van der Waals surface area contributed by atoms with Crippen LogP contribution in [0.5, 0.6) is 0 Å². The SMILES string of the molecule is CC1(C)COC1COC(=O)C1CC(=O)N(C2CC2)C1. The number of carbonyl (C=O) groups excluding carboxylic acids is 2.